The van der Waals surface area contributed by atoms with E-state index in [0.29, 0.717) is 5.82 Å². The van der Waals surface area contributed by atoms with E-state index in [2.05, 4.69) is 195 Å². The second kappa shape index (κ2) is 14.9. The van der Waals surface area contributed by atoms with E-state index >= 15 is 0 Å². The Hall–Kier alpha value is -7.10. The van der Waals surface area contributed by atoms with E-state index < -0.39 is 0 Å². The van der Waals surface area contributed by atoms with Crippen LogP contribution >= 0.6 is 0 Å². The van der Waals surface area contributed by atoms with E-state index in [1.807, 2.05) is 6.07 Å². The summed E-state index contributed by atoms with van der Waals surface area (Å²) in [5.41, 5.74) is 16.7. The molecule has 1 atom stereocenters. The number of para-hydroxylation sites is 2. The molecule has 272 valence electrons. The zero-order valence-electron chi connectivity index (χ0n) is 31.8. The molecule has 1 unspecified atom stereocenters. The Morgan fingerprint density at radius 2 is 1.18 bits per heavy atom. The smallest absolute Gasteiger partial charge is 0.160 e. The summed E-state index contributed by atoms with van der Waals surface area (Å²) in [6.45, 7) is 2.28. The second-order valence-corrected chi connectivity index (χ2v) is 14.8. The molecule has 0 amide bonds. The number of fused-ring (bicyclic) bond motifs is 7. The summed E-state index contributed by atoms with van der Waals surface area (Å²) in [5.74, 6) is 2.46. The van der Waals surface area contributed by atoms with Crippen molar-refractivity contribution in [3.63, 3.8) is 0 Å². The molecule has 0 saturated heterocycles. The maximum atomic E-state index is 6.76. The van der Waals surface area contributed by atoms with Crippen molar-refractivity contribution in [3.8, 4) is 67.4 Å². The molecule has 7 aromatic rings. The first-order chi connectivity index (χ1) is 28.2. The van der Waals surface area contributed by atoms with Gasteiger partial charge in [0.2, 0.25) is 0 Å². The Kier molecular flexibility index (Phi) is 8.97. The Bertz CT molecular complexity index is 2830. The van der Waals surface area contributed by atoms with E-state index in [-0.39, 0.29) is 5.92 Å². The van der Waals surface area contributed by atoms with Gasteiger partial charge in [0.15, 0.2) is 5.82 Å². The third-order valence-electron chi connectivity index (χ3n) is 11.3. The van der Waals surface area contributed by atoms with Crippen LogP contribution in [0.25, 0.3) is 73.6 Å². The maximum Gasteiger partial charge on any atom is 0.160 e. The minimum absolute atomic E-state index is 0.0275. The van der Waals surface area contributed by atoms with Crippen molar-refractivity contribution in [2.24, 2.45) is 0 Å². The summed E-state index contributed by atoms with van der Waals surface area (Å²) >= 11 is 0. The van der Waals surface area contributed by atoms with Crippen molar-refractivity contribution < 1.29 is 4.74 Å². The highest BCUT2D eigenvalue weighted by molar-refractivity contribution is 5.89. The van der Waals surface area contributed by atoms with Gasteiger partial charge in [-0.3, -0.25) is 0 Å². The molecule has 1 aromatic heterocycles. The van der Waals surface area contributed by atoms with Gasteiger partial charge in [0, 0.05) is 33.7 Å². The first kappa shape index (κ1) is 34.4. The molecule has 57 heavy (non-hydrogen) atoms. The SMILES string of the molecule is CC1c2ccccc2Oc2ccccc2-c2ccccc2-c2ccc(-c3cc(-c4ccc(-c5cccc6c5C=CCC=C6)cc4)nc(C4=CCC=CC=C4)n3)cc21. The van der Waals surface area contributed by atoms with Gasteiger partial charge >= 0.3 is 0 Å². The normalized spacial score (nSPS) is 15.1. The van der Waals surface area contributed by atoms with Crippen LogP contribution in [0, 0.1) is 0 Å². The van der Waals surface area contributed by atoms with Gasteiger partial charge < -0.3 is 4.74 Å². The summed E-state index contributed by atoms with van der Waals surface area (Å²) in [6.07, 6.45) is 21.3. The molecule has 3 nitrogen and oxygen atoms in total. The number of allylic oxidation sites excluding steroid dienone is 8. The fourth-order valence-corrected chi connectivity index (χ4v) is 8.34. The van der Waals surface area contributed by atoms with Crippen molar-refractivity contribution in [1.82, 2.24) is 9.97 Å². The highest BCUT2D eigenvalue weighted by Crippen LogP contribution is 2.47. The summed E-state index contributed by atoms with van der Waals surface area (Å²) in [6, 6.07) is 49.8. The molecule has 0 bridgehead atoms. The Balaban J connectivity index is 1.13. The van der Waals surface area contributed by atoms with Crippen LogP contribution in [-0.4, -0.2) is 9.97 Å². The van der Waals surface area contributed by atoms with Gasteiger partial charge in [-0.25, -0.2) is 9.97 Å². The number of benzene rings is 6. The molecule has 2 aliphatic carbocycles. The molecule has 3 heteroatoms. The van der Waals surface area contributed by atoms with E-state index in [4.69, 9.17) is 14.7 Å². The number of ether oxygens (including phenoxy) is 1. The monoisotopic (exact) mass is 732 g/mol. The van der Waals surface area contributed by atoms with Crippen LogP contribution in [0.1, 0.15) is 53.8 Å². The standard InChI is InChI=1S/C54H40N2O/c1-36-42-20-11-13-26-52(42)57-53-27-14-12-24-48(53)46-23-10-9-22-45(46)47-33-32-41(34-49(36)47)51-35-50(55-54(56-51)40-17-5-2-3-6-18-40)39-30-28-38(29-31-39)44-25-15-19-37-16-7-4-8-21-43(37)44/h2-3,5,7-36H,4,6H2,1H3. The predicted octanol–water partition coefficient (Wildman–Crippen LogP) is 14.4. The average Bonchev–Trinajstić information content (AvgIpc) is 3.70. The molecule has 0 radical (unpaired) electrons. The lowest BCUT2D eigenvalue weighted by atomic mass is 9.82. The number of aromatic nitrogens is 2. The van der Waals surface area contributed by atoms with Crippen LogP contribution in [0.5, 0.6) is 11.5 Å². The maximum absolute atomic E-state index is 6.76. The predicted molar refractivity (Wildman–Crippen MR) is 237 cm³/mol. The van der Waals surface area contributed by atoms with Crippen molar-refractivity contribution in [1.29, 1.82) is 0 Å². The highest BCUT2D eigenvalue weighted by Gasteiger charge is 2.24. The molecule has 2 heterocycles. The van der Waals surface area contributed by atoms with E-state index in [9.17, 15) is 0 Å². The van der Waals surface area contributed by atoms with Crippen molar-refractivity contribution in [2.45, 2.75) is 25.7 Å². The van der Waals surface area contributed by atoms with Gasteiger partial charge in [0.05, 0.1) is 11.4 Å². The van der Waals surface area contributed by atoms with Gasteiger partial charge in [-0.2, -0.15) is 0 Å². The lowest BCUT2D eigenvalue weighted by Crippen LogP contribution is -2.05. The summed E-state index contributed by atoms with van der Waals surface area (Å²) in [7, 11) is 0. The minimum atomic E-state index is 0.0275. The van der Waals surface area contributed by atoms with Crippen LogP contribution < -0.4 is 4.74 Å². The fourth-order valence-electron chi connectivity index (χ4n) is 8.34. The average molecular weight is 733 g/mol. The quantitative estimate of drug-likeness (QED) is 0.181. The fraction of sp³-hybridized carbons (Fsp3) is 0.0741. The van der Waals surface area contributed by atoms with Gasteiger partial charge in [-0.1, -0.05) is 177 Å². The highest BCUT2D eigenvalue weighted by atomic mass is 16.5. The number of hydrogen-bond donors (Lipinski definition) is 0. The molecule has 6 aromatic carbocycles. The molecule has 0 fully saturated rings. The lowest BCUT2D eigenvalue weighted by molar-refractivity contribution is 0.476. The molecular weight excluding hydrogens is 693 g/mol. The second-order valence-electron chi connectivity index (χ2n) is 14.8. The number of hydrogen-bond acceptors (Lipinski definition) is 3. The van der Waals surface area contributed by atoms with Crippen LogP contribution in [0.4, 0.5) is 0 Å². The van der Waals surface area contributed by atoms with E-state index in [1.165, 1.54) is 38.9 Å². The van der Waals surface area contributed by atoms with Gasteiger partial charge in [-0.15, -0.1) is 0 Å². The summed E-state index contributed by atoms with van der Waals surface area (Å²) < 4.78 is 6.76. The van der Waals surface area contributed by atoms with Gasteiger partial charge in [-0.05, 0) is 81.6 Å². The van der Waals surface area contributed by atoms with Crippen LogP contribution in [0.3, 0.4) is 0 Å². The third-order valence-corrected chi connectivity index (χ3v) is 11.3. The summed E-state index contributed by atoms with van der Waals surface area (Å²) in [5, 5.41) is 0. The van der Waals surface area contributed by atoms with Crippen LogP contribution in [0.2, 0.25) is 0 Å². The topological polar surface area (TPSA) is 35.0 Å². The minimum Gasteiger partial charge on any atom is -0.456 e. The molecular formula is C54H40N2O. The zero-order valence-corrected chi connectivity index (χ0v) is 31.8. The van der Waals surface area contributed by atoms with Crippen molar-refractivity contribution in [3.05, 3.63) is 210 Å². The van der Waals surface area contributed by atoms with Crippen molar-refractivity contribution >= 4 is 17.7 Å². The van der Waals surface area contributed by atoms with Crippen molar-refractivity contribution in [2.75, 3.05) is 0 Å². The molecule has 0 spiro atoms. The third kappa shape index (κ3) is 6.58. The van der Waals surface area contributed by atoms with E-state index in [0.717, 1.165) is 69.1 Å². The molecule has 0 N–H and O–H groups in total. The molecule has 10 rings (SSSR count). The largest absolute Gasteiger partial charge is 0.456 e. The first-order valence-electron chi connectivity index (χ1n) is 19.8. The molecule has 3 aliphatic rings. The number of rotatable bonds is 4. The Morgan fingerprint density at radius 1 is 0.491 bits per heavy atom. The lowest BCUT2D eigenvalue weighted by Gasteiger charge is -2.25. The van der Waals surface area contributed by atoms with Gasteiger partial charge in [0.1, 0.15) is 11.5 Å². The summed E-state index contributed by atoms with van der Waals surface area (Å²) in [4.78, 5) is 10.5. The van der Waals surface area contributed by atoms with Crippen LogP contribution in [0.15, 0.2) is 182 Å². The zero-order chi connectivity index (χ0) is 38.1. The molecule has 1 aliphatic heterocycles. The van der Waals surface area contributed by atoms with Crippen LogP contribution in [-0.2, 0) is 0 Å². The molecule has 0 saturated carbocycles. The first-order valence-corrected chi connectivity index (χ1v) is 19.8. The van der Waals surface area contributed by atoms with Gasteiger partial charge in [0.25, 0.3) is 0 Å². The van der Waals surface area contributed by atoms with E-state index in [1.54, 1.807) is 0 Å². The Labute approximate surface area is 334 Å². The number of nitrogens with zero attached hydrogens (tertiary/aromatic N) is 2. The Morgan fingerprint density at radius 3 is 2.04 bits per heavy atom.